The second-order valence-electron chi connectivity index (χ2n) is 6.27. The Bertz CT molecular complexity index is 753. The van der Waals surface area contributed by atoms with E-state index in [-0.39, 0.29) is 11.8 Å². The molecule has 0 aliphatic carbocycles. The van der Waals surface area contributed by atoms with Crippen LogP contribution in [0, 0.1) is 0 Å². The highest BCUT2D eigenvalue weighted by Crippen LogP contribution is 2.21. The predicted molar refractivity (Wildman–Crippen MR) is 98.8 cm³/mol. The molecule has 6 nitrogen and oxygen atoms in total. The van der Waals surface area contributed by atoms with E-state index >= 15 is 0 Å². The predicted octanol–water partition coefficient (Wildman–Crippen LogP) is 2.32. The lowest BCUT2D eigenvalue weighted by Crippen LogP contribution is -2.48. The molecule has 0 radical (unpaired) electrons. The summed E-state index contributed by atoms with van der Waals surface area (Å²) < 4.78 is 27.4. The lowest BCUT2D eigenvalue weighted by atomic mass is 10.1. The number of sulfonamides is 1. The molecule has 134 valence electrons. The van der Waals surface area contributed by atoms with Crippen molar-refractivity contribution >= 4 is 16.0 Å². The Balaban J connectivity index is 1.62. The van der Waals surface area contributed by atoms with Crippen LogP contribution in [0.4, 0.5) is 5.95 Å². The third-order valence-corrected chi connectivity index (χ3v) is 6.40. The molecule has 1 aromatic heterocycles. The van der Waals surface area contributed by atoms with Crippen molar-refractivity contribution in [3.8, 4) is 0 Å². The van der Waals surface area contributed by atoms with E-state index < -0.39 is 10.0 Å². The van der Waals surface area contributed by atoms with Crippen LogP contribution in [-0.2, 0) is 16.4 Å². The number of nitrogens with one attached hydrogen (secondary N) is 1. The van der Waals surface area contributed by atoms with Gasteiger partial charge in [-0.2, -0.15) is 4.31 Å². The molecular formula is C18H24N4O2S. The lowest BCUT2D eigenvalue weighted by molar-refractivity contribution is 0.261. The number of aromatic nitrogens is 2. The molecule has 1 fully saturated rings. The lowest BCUT2D eigenvalue weighted by Gasteiger charge is -2.34. The summed E-state index contributed by atoms with van der Waals surface area (Å²) in [6.07, 6.45) is 6.72. The van der Waals surface area contributed by atoms with Crippen LogP contribution in [0.15, 0.2) is 48.8 Å². The smallest absolute Gasteiger partial charge is 0.222 e. The van der Waals surface area contributed by atoms with Crippen molar-refractivity contribution in [2.75, 3.05) is 24.2 Å². The third-order valence-electron chi connectivity index (χ3n) is 4.48. The Kier molecular flexibility index (Phi) is 5.99. The van der Waals surface area contributed by atoms with Gasteiger partial charge in [-0.1, -0.05) is 36.8 Å². The molecule has 1 N–H and O–H groups in total. The van der Waals surface area contributed by atoms with Crippen molar-refractivity contribution in [2.24, 2.45) is 0 Å². The minimum Gasteiger partial charge on any atom is -0.353 e. The van der Waals surface area contributed by atoms with Crippen LogP contribution in [0.25, 0.3) is 0 Å². The normalized spacial score (nSPS) is 18.8. The number of aryl methyl sites for hydroxylation is 1. The fraction of sp³-hybridized carbons (Fsp3) is 0.444. The Morgan fingerprint density at radius 3 is 2.60 bits per heavy atom. The first-order chi connectivity index (χ1) is 12.1. The van der Waals surface area contributed by atoms with Crippen LogP contribution in [-0.4, -0.2) is 47.6 Å². The Morgan fingerprint density at radius 1 is 1.08 bits per heavy atom. The molecule has 0 spiro atoms. The van der Waals surface area contributed by atoms with Crippen molar-refractivity contribution < 1.29 is 8.42 Å². The number of hydrogen-bond donors (Lipinski definition) is 1. The molecule has 2 aromatic rings. The van der Waals surface area contributed by atoms with Crippen LogP contribution in [0.1, 0.15) is 24.8 Å². The zero-order valence-corrected chi connectivity index (χ0v) is 15.0. The summed E-state index contributed by atoms with van der Waals surface area (Å²) in [4.78, 5) is 8.27. The van der Waals surface area contributed by atoms with Crippen molar-refractivity contribution in [1.82, 2.24) is 14.3 Å². The van der Waals surface area contributed by atoms with Gasteiger partial charge >= 0.3 is 0 Å². The molecule has 1 unspecified atom stereocenters. The van der Waals surface area contributed by atoms with Crippen molar-refractivity contribution in [1.29, 1.82) is 0 Å². The van der Waals surface area contributed by atoms with Crippen LogP contribution >= 0.6 is 0 Å². The van der Waals surface area contributed by atoms with Gasteiger partial charge in [-0.15, -0.1) is 0 Å². The van der Waals surface area contributed by atoms with Crippen LogP contribution in [0.3, 0.4) is 0 Å². The maximum absolute atomic E-state index is 12.8. The molecule has 1 aromatic carbocycles. The molecule has 1 saturated heterocycles. The average molecular weight is 360 g/mol. The van der Waals surface area contributed by atoms with Crippen molar-refractivity contribution in [3.05, 3.63) is 54.4 Å². The summed E-state index contributed by atoms with van der Waals surface area (Å²) in [7, 11) is -3.28. The van der Waals surface area contributed by atoms with E-state index in [0.717, 1.165) is 24.8 Å². The SMILES string of the molecule is O=S(=O)(CCc1ccccc1)N1CCCCC1CNc1ncccn1. The maximum Gasteiger partial charge on any atom is 0.222 e. The van der Waals surface area contributed by atoms with Gasteiger partial charge in [-0.05, 0) is 30.9 Å². The molecule has 25 heavy (non-hydrogen) atoms. The van der Waals surface area contributed by atoms with Gasteiger partial charge in [0.2, 0.25) is 16.0 Å². The molecule has 1 atom stereocenters. The Morgan fingerprint density at radius 2 is 1.84 bits per heavy atom. The number of rotatable bonds is 7. The average Bonchev–Trinajstić information content (AvgIpc) is 2.67. The summed E-state index contributed by atoms with van der Waals surface area (Å²) in [6.45, 7) is 1.13. The van der Waals surface area contributed by atoms with E-state index in [0.29, 0.717) is 25.5 Å². The molecule has 1 aliphatic heterocycles. The second kappa shape index (κ2) is 8.40. The summed E-state index contributed by atoms with van der Waals surface area (Å²) >= 11 is 0. The maximum atomic E-state index is 12.8. The zero-order chi connectivity index (χ0) is 17.5. The van der Waals surface area contributed by atoms with Gasteiger partial charge in [0.1, 0.15) is 0 Å². The largest absolute Gasteiger partial charge is 0.353 e. The molecule has 0 saturated carbocycles. The highest BCUT2D eigenvalue weighted by atomic mass is 32.2. The van der Waals surface area contributed by atoms with Crippen LogP contribution in [0.2, 0.25) is 0 Å². The number of hydrogen-bond acceptors (Lipinski definition) is 5. The number of anilines is 1. The summed E-state index contributed by atoms with van der Waals surface area (Å²) in [5.74, 6) is 0.685. The van der Waals surface area contributed by atoms with E-state index in [9.17, 15) is 8.42 Å². The summed E-state index contributed by atoms with van der Waals surface area (Å²) in [5.41, 5.74) is 1.05. The molecule has 7 heteroatoms. The fourth-order valence-electron chi connectivity index (χ4n) is 3.15. The number of nitrogens with zero attached hydrogens (tertiary/aromatic N) is 3. The van der Waals surface area contributed by atoms with Crippen molar-refractivity contribution in [3.63, 3.8) is 0 Å². The number of benzene rings is 1. The monoisotopic (exact) mass is 360 g/mol. The van der Waals surface area contributed by atoms with Crippen molar-refractivity contribution in [2.45, 2.75) is 31.7 Å². The quantitative estimate of drug-likeness (QED) is 0.820. The molecule has 0 bridgehead atoms. The van der Waals surface area contributed by atoms with Crippen LogP contribution < -0.4 is 5.32 Å². The highest BCUT2D eigenvalue weighted by Gasteiger charge is 2.31. The Hall–Kier alpha value is -1.99. The van der Waals surface area contributed by atoms with E-state index in [1.807, 2.05) is 30.3 Å². The van der Waals surface area contributed by atoms with Crippen LogP contribution in [0.5, 0.6) is 0 Å². The van der Waals surface area contributed by atoms with E-state index in [1.165, 1.54) is 0 Å². The first-order valence-corrected chi connectivity index (χ1v) is 10.3. The van der Waals surface area contributed by atoms with Gasteiger partial charge in [-0.25, -0.2) is 18.4 Å². The third kappa shape index (κ3) is 4.99. The minimum absolute atomic E-state index is 0.0432. The topological polar surface area (TPSA) is 75.2 Å². The molecular weight excluding hydrogens is 336 g/mol. The second-order valence-corrected chi connectivity index (χ2v) is 8.31. The van der Waals surface area contributed by atoms with Gasteiger partial charge in [-0.3, -0.25) is 0 Å². The van der Waals surface area contributed by atoms with Gasteiger partial charge in [0, 0.05) is 31.5 Å². The molecule has 1 aliphatic rings. The van der Waals surface area contributed by atoms with Gasteiger partial charge in [0.15, 0.2) is 0 Å². The zero-order valence-electron chi connectivity index (χ0n) is 14.2. The summed E-state index contributed by atoms with van der Waals surface area (Å²) in [6, 6.07) is 11.5. The summed E-state index contributed by atoms with van der Waals surface area (Å²) in [5, 5.41) is 3.16. The Labute approximate surface area is 149 Å². The first-order valence-electron chi connectivity index (χ1n) is 8.69. The minimum atomic E-state index is -3.28. The number of piperidine rings is 1. The van der Waals surface area contributed by atoms with E-state index in [4.69, 9.17) is 0 Å². The van der Waals surface area contributed by atoms with Gasteiger partial charge in [0.05, 0.1) is 5.75 Å². The fourth-order valence-corrected chi connectivity index (χ4v) is 4.92. The van der Waals surface area contributed by atoms with Gasteiger partial charge in [0.25, 0.3) is 0 Å². The molecule has 2 heterocycles. The first kappa shape index (κ1) is 17.8. The van der Waals surface area contributed by atoms with E-state index in [1.54, 1.807) is 22.8 Å². The standard InChI is InChI=1S/C18H24N4O2S/c23-25(24,14-10-16-7-2-1-3-8-16)22-13-5-4-9-17(22)15-21-18-19-11-6-12-20-18/h1-3,6-8,11-12,17H,4-5,9-10,13-15H2,(H,19,20,21). The molecule has 0 amide bonds. The van der Waals surface area contributed by atoms with Gasteiger partial charge < -0.3 is 5.32 Å². The van der Waals surface area contributed by atoms with E-state index in [2.05, 4.69) is 15.3 Å². The molecule has 3 rings (SSSR count). The highest BCUT2D eigenvalue weighted by molar-refractivity contribution is 7.89.